The van der Waals surface area contributed by atoms with Crippen LogP contribution < -0.4 is 11.1 Å². The number of nitrogen functional groups attached to an aromatic ring is 1. The van der Waals surface area contributed by atoms with Crippen LogP contribution in [0.4, 0.5) is 5.69 Å². The van der Waals surface area contributed by atoms with Gasteiger partial charge in [-0.2, -0.15) is 0 Å². The maximum atomic E-state index is 11.8. The fraction of sp³-hybridized carbons (Fsp3) is 0.188. The van der Waals surface area contributed by atoms with Crippen molar-refractivity contribution in [1.82, 2.24) is 5.32 Å². The molecule has 0 unspecified atom stereocenters. The molecule has 104 valence electrons. The van der Waals surface area contributed by atoms with E-state index < -0.39 is 0 Å². The standard InChI is InChI=1S/C16H18N2O2/c17-14-10-13(6-7-15(14)19)11-16(20)18-9-8-12-4-2-1-3-5-12/h1-7,10,19H,8-9,11,17H2,(H,18,20). The molecule has 0 heterocycles. The summed E-state index contributed by atoms with van der Waals surface area (Å²) in [5.74, 6) is -0.00995. The van der Waals surface area contributed by atoms with E-state index in [0.29, 0.717) is 12.2 Å². The monoisotopic (exact) mass is 270 g/mol. The van der Waals surface area contributed by atoms with Crippen molar-refractivity contribution < 1.29 is 9.90 Å². The van der Waals surface area contributed by atoms with E-state index in [4.69, 9.17) is 5.73 Å². The molecule has 2 aromatic rings. The van der Waals surface area contributed by atoms with Gasteiger partial charge in [-0.15, -0.1) is 0 Å². The minimum absolute atomic E-state index is 0.0400. The van der Waals surface area contributed by atoms with Crippen molar-refractivity contribution in [2.45, 2.75) is 12.8 Å². The molecular formula is C16H18N2O2. The largest absolute Gasteiger partial charge is 0.506 e. The number of carbonyl (C=O) groups excluding carboxylic acids is 1. The number of benzene rings is 2. The summed E-state index contributed by atoms with van der Waals surface area (Å²) in [6, 6.07) is 14.8. The molecule has 0 aliphatic rings. The number of hydrogen-bond acceptors (Lipinski definition) is 3. The van der Waals surface area contributed by atoms with Crippen molar-refractivity contribution in [2.75, 3.05) is 12.3 Å². The Morgan fingerprint density at radius 1 is 1.10 bits per heavy atom. The van der Waals surface area contributed by atoms with Crippen LogP contribution in [-0.4, -0.2) is 17.6 Å². The van der Waals surface area contributed by atoms with Crippen LogP contribution in [0, 0.1) is 0 Å². The molecule has 0 saturated heterocycles. The highest BCUT2D eigenvalue weighted by Gasteiger charge is 2.05. The summed E-state index contributed by atoms with van der Waals surface area (Å²) < 4.78 is 0. The van der Waals surface area contributed by atoms with Gasteiger partial charge in [-0.3, -0.25) is 4.79 Å². The molecule has 0 radical (unpaired) electrons. The zero-order valence-corrected chi connectivity index (χ0v) is 11.2. The first-order valence-corrected chi connectivity index (χ1v) is 6.53. The molecule has 2 aromatic carbocycles. The second-order valence-corrected chi connectivity index (χ2v) is 4.66. The third-order valence-electron chi connectivity index (χ3n) is 3.04. The van der Waals surface area contributed by atoms with Crippen molar-refractivity contribution in [3.05, 3.63) is 59.7 Å². The molecule has 4 N–H and O–H groups in total. The molecule has 0 atom stereocenters. The van der Waals surface area contributed by atoms with Gasteiger partial charge in [-0.05, 0) is 29.7 Å². The van der Waals surface area contributed by atoms with Gasteiger partial charge >= 0.3 is 0 Å². The fourth-order valence-electron chi connectivity index (χ4n) is 1.95. The van der Waals surface area contributed by atoms with Gasteiger partial charge in [0.15, 0.2) is 0 Å². The Kier molecular flexibility index (Phi) is 4.60. The molecule has 0 saturated carbocycles. The minimum Gasteiger partial charge on any atom is -0.506 e. The molecule has 4 heteroatoms. The zero-order valence-electron chi connectivity index (χ0n) is 11.2. The quantitative estimate of drug-likeness (QED) is 0.573. The maximum Gasteiger partial charge on any atom is 0.224 e. The van der Waals surface area contributed by atoms with Crippen molar-refractivity contribution in [3.8, 4) is 5.75 Å². The Morgan fingerprint density at radius 2 is 1.85 bits per heavy atom. The van der Waals surface area contributed by atoms with Crippen LogP contribution in [0.15, 0.2) is 48.5 Å². The van der Waals surface area contributed by atoms with E-state index in [1.807, 2.05) is 30.3 Å². The van der Waals surface area contributed by atoms with Gasteiger partial charge in [0.1, 0.15) is 5.75 Å². The van der Waals surface area contributed by atoms with Crippen LogP contribution in [0.1, 0.15) is 11.1 Å². The summed E-state index contributed by atoms with van der Waals surface area (Å²) in [7, 11) is 0. The Labute approximate surface area is 118 Å². The summed E-state index contributed by atoms with van der Waals surface area (Å²) in [6.07, 6.45) is 1.07. The topological polar surface area (TPSA) is 75.4 Å². The molecule has 0 aliphatic carbocycles. The van der Waals surface area contributed by atoms with Gasteiger partial charge in [-0.25, -0.2) is 0 Å². The van der Waals surface area contributed by atoms with E-state index in [1.54, 1.807) is 12.1 Å². The van der Waals surface area contributed by atoms with Gasteiger partial charge in [0, 0.05) is 6.54 Å². The Hall–Kier alpha value is -2.49. The van der Waals surface area contributed by atoms with Crippen molar-refractivity contribution in [1.29, 1.82) is 0 Å². The third-order valence-corrected chi connectivity index (χ3v) is 3.04. The van der Waals surface area contributed by atoms with Crippen LogP contribution in [0.5, 0.6) is 5.75 Å². The first kappa shape index (κ1) is 13.9. The molecule has 2 rings (SSSR count). The van der Waals surface area contributed by atoms with Crippen LogP contribution in [0.25, 0.3) is 0 Å². The van der Waals surface area contributed by atoms with Gasteiger partial charge in [0.2, 0.25) is 5.91 Å². The number of phenols is 1. The average molecular weight is 270 g/mol. The zero-order chi connectivity index (χ0) is 14.4. The van der Waals surface area contributed by atoms with Crippen LogP contribution in [0.3, 0.4) is 0 Å². The SMILES string of the molecule is Nc1cc(CC(=O)NCCc2ccccc2)ccc1O. The molecule has 0 fully saturated rings. The predicted octanol–water partition coefficient (Wildman–Crippen LogP) is 1.88. The molecule has 1 amide bonds. The number of hydrogen-bond donors (Lipinski definition) is 3. The number of carbonyl (C=O) groups is 1. The van der Waals surface area contributed by atoms with Crippen molar-refractivity contribution in [2.24, 2.45) is 0 Å². The van der Waals surface area contributed by atoms with E-state index in [9.17, 15) is 9.90 Å². The van der Waals surface area contributed by atoms with Gasteiger partial charge < -0.3 is 16.2 Å². The number of phenolic OH excluding ortho intramolecular Hbond substituents is 1. The number of nitrogens with two attached hydrogens (primary N) is 1. The van der Waals surface area contributed by atoms with Crippen molar-refractivity contribution in [3.63, 3.8) is 0 Å². The Bertz CT molecular complexity index is 582. The molecule has 0 spiro atoms. The smallest absolute Gasteiger partial charge is 0.224 e. The lowest BCUT2D eigenvalue weighted by Gasteiger charge is -2.06. The third kappa shape index (κ3) is 4.02. The average Bonchev–Trinajstić information content (AvgIpc) is 2.44. The first-order valence-electron chi connectivity index (χ1n) is 6.53. The van der Waals surface area contributed by atoms with Crippen LogP contribution >= 0.6 is 0 Å². The number of amides is 1. The maximum absolute atomic E-state index is 11.8. The summed E-state index contributed by atoms with van der Waals surface area (Å²) >= 11 is 0. The van der Waals surface area contributed by atoms with Crippen LogP contribution in [-0.2, 0) is 17.6 Å². The number of rotatable bonds is 5. The highest BCUT2D eigenvalue weighted by atomic mass is 16.3. The number of anilines is 1. The normalized spacial score (nSPS) is 10.2. The van der Waals surface area contributed by atoms with Gasteiger partial charge in [0.25, 0.3) is 0 Å². The summed E-state index contributed by atoms with van der Waals surface area (Å²) in [6.45, 7) is 0.608. The van der Waals surface area contributed by atoms with E-state index in [2.05, 4.69) is 5.32 Å². The van der Waals surface area contributed by atoms with Gasteiger partial charge in [-0.1, -0.05) is 36.4 Å². The van der Waals surface area contributed by atoms with E-state index in [0.717, 1.165) is 12.0 Å². The predicted molar refractivity (Wildman–Crippen MR) is 79.4 cm³/mol. The lowest BCUT2D eigenvalue weighted by Crippen LogP contribution is -2.27. The first-order chi connectivity index (χ1) is 9.65. The second kappa shape index (κ2) is 6.61. The number of aromatic hydroxyl groups is 1. The summed E-state index contributed by atoms with van der Waals surface area (Å²) in [5, 5.41) is 12.2. The van der Waals surface area contributed by atoms with E-state index in [-0.39, 0.29) is 18.1 Å². The molecule has 20 heavy (non-hydrogen) atoms. The molecule has 0 aromatic heterocycles. The highest BCUT2D eigenvalue weighted by Crippen LogP contribution is 2.20. The lowest BCUT2D eigenvalue weighted by atomic mass is 10.1. The van der Waals surface area contributed by atoms with Crippen molar-refractivity contribution >= 4 is 11.6 Å². The summed E-state index contributed by atoms with van der Waals surface area (Å²) in [5.41, 5.74) is 7.87. The summed E-state index contributed by atoms with van der Waals surface area (Å²) in [4.78, 5) is 11.8. The van der Waals surface area contributed by atoms with E-state index in [1.165, 1.54) is 11.6 Å². The van der Waals surface area contributed by atoms with Gasteiger partial charge in [0.05, 0.1) is 12.1 Å². The van der Waals surface area contributed by atoms with E-state index >= 15 is 0 Å². The molecule has 0 aliphatic heterocycles. The highest BCUT2D eigenvalue weighted by molar-refractivity contribution is 5.79. The molecule has 4 nitrogen and oxygen atoms in total. The Balaban J connectivity index is 1.79. The fourth-order valence-corrected chi connectivity index (χ4v) is 1.95. The number of nitrogens with one attached hydrogen (secondary N) is 1. The molecule has 0 bridgehead atoms. The van der Waals surface area contributed by atoms with Crippen LogP contribution in [0.2, 0.25) is 0 Å². The minimum atomic E-state index is -0.0500. The molecular weight excluding hydrogens is 252 g/mol. The lowest BCUT2D eigenvalue weighted by molar-refractivity contribution is -0.120. The second-order valence-electron chi connectivity index (χ2n) is 4.66. The Morgan fingerprint density at radius 3 is 2.55 bits per heavy atom.